The number of benzene rings is 1. The number of thioether (sulfide) groups is 1. The van der Waals surface area contributed by atoms with Crippen LogP contribution < -0.4 is 10.6 Å². The summed E-state index contributed by atoms with van der Waals surface area (Å²) < 4.78 is 26.3. The molecule has 1 aliphatic rings. The lowest BCUT2D eigenvalue weighted by atomic mass is 10.2. The molecule has 1 fully saturated rings. The highest BCUT2D eigenvalue weighted by molar-refractivity contribution is 8.15. The van der Waals surface area contributed by atoms with Crippen LogP contribution in [0.15, 0.2) is 23.2 Å². The van der Waals surface area contributed by atoms with E-state index in [1.165, 1.54) is 11.8 Å². The summed E-state index contributed by atoms with van der Waals surface area (Å²) in [6, 6.07) is 2.95. The molecule has 8 heteroatoms. The van der Waals surface area contributed by atoms with Crippen molar-refractivity contribution in [2.75, 3.05) is 5.32 Å². The van der Waals surface area contributed by atoms with Crippen LogP contribution in [0.2, 0.25) is 0 Å². The van der Waals surface area contributed by atoms with Gasteiger partial charge in [0.05, 0.1) is 5.69 Å². The molecule has 2 rings (SSSR count). The molecule has 2 amide bonds. The van der Waals surface area contributed by atoms with Crippen molar-refractivity contribution >= 4 is 34.4 Å². The van der Waals surface area contributed by atoms with Crippen LogP contribution >= 0.6 is 11.8 Å². The van der Waals surface area contributed by atoms with Crippen molar-refractivity contribution in [2.24, 2.45) is 4.99 Å². The molecule has 2 N–H and O–H groups in total. The molecule has 0 bridgehead atoms. The summed E-state index contributed by atoms with van der Waals surface area (Å²) in [4.78, 5) is 28.1. The van der Waals surface area contributed by atoms with Crippen LogP contribution in [0, 0.1) is 11.6 Å². The lowest BCUT2D eigenvalue weighted by molar-refractivity contribution is -0.122. The van der Waals surface area contributed by atoms with Gasteiger partial charge < -0.3 is 10.6 Å². The Balaban J connectivity index is 1.95. The van der Waals surface area contributed by atoms with Crippen molar-refractivity contribution < 1.29 is 18.4 Å². The van der Waals surface area contributed by atoms with Gasteiger partial charge in [-0.1, -0.05) is 18.7 Å². The van der Waals surface area contributed by atoms with Crippen LogP contribution in [0.3, 0.4) is 0 Å². The van der Waals surface area contributed by atoms with Gasteiger partial charge >= 0.3 is 0 Å². The Labute approximate surface area is 136 Å². The first-order valence-electron chi connectivity index (χ1n) is 7.19. The van der Waals surface area contributed by atoms with Crippen molar-refractivity contribution in [2.45, 2.75) is 38.0 Å². The molecule has 1 heterocycles. The maximum Gasteiger partial charge on any atom is 0.240 e. The molecule has 0 radical (unpaired) electrons. The van der Waals surface area contributed by atoms with Crippen LogP contribution in [0.1, 0.15) is 26.7 Å². The van der Waals surface area contributed by atoms with E-state index in [1.807, 2.05) is 13.8 Å². The van der Waals surface area contributed by atoms with E-state index >= 15 is 0 Å². The fourth-order valence-electron chi connectivity index (χ4n) is 1.85. The van der Waals surface area contributed by atoms with Gasteiger partial charge in [0.1, 0.15) is 16.9 Å². The predicted octanol–water partition coefficient (Wildman–Crippen LogP) is 2.68. The summed E-state index contributed by atoms with van der Waals surface area (Å²) >= 11 is 1.18. The predicted molar refractivity (Wildman–Crippen MR) is 86.3 cm³/mol. The molecule has 2 atom stereocenters. The van der Waals surface area contributed by atoms with E-state index < -0.39 is 22.8 Å². The summed E-state index contributed by atoms with van der Waals surface area (Å²) in [5.74, 6) is -2.40. The molecule has 0 aliphatic carbocycles. The number of hydrogen-bond acceptors (Lipinski definition) is 4. The third-order valence-corrected chi connectivity index (χ3v) is 4.38. The van der Waals surface area contributed by atoms with E-state index in [0.717, 1.165) is 18.6 Å². The smallest absolute Gasteiger partial charge is 0.240 e. The Morgan fingerprint density at radius 1 is 1.48 bits per heavy atom. The number of anilines is 1. The maximum atomic E-state index is 13.5. The number of amidine groups is 1. The zero-order valence-electron chi connectivity index (χ0n) is 12.7. The highest BCUT2D eigenvalue weighted by Gasteiger charge is 2.32. The Hall–Kier alpha value is -1.96. The minimum Gasteiger partial charge on any atom is -0.324 e. The Kier molecular flexibility index (Phi) is 5.70. The van der Waals surface area contributed by atoms with E-state index in [2.05, 4.69) is 15.6 Å². The second-order valence-electron chi connectivity index (χ2n) is 5.16. The summed E-state index contributed by atoms with van der Waals surface area (Å²) in [7, 11) is 0. The van der Waals surface area contributed by atoms with Gasteiger partial charge in [0.2, 0.25) is 11.8 Å². The van der Waals surface area contributed by atoms with Gasteiger partial charge in [-0.25, -0.2) is 8.78 Å². The largest absolute Gasteiger partial charge is 0.324 e. The third kappa shape index (κ3) is 4.75. The lowest BCUT2D eigenvalue weighted by Gasteiger charge is -2.08. The average molecular weight is 341 g/mol. The van der Waals surface area contributed by atoms with E-state index in [-0.39, 0.29) is 24.1 Å². The van der Waals surface area contributed by atoms with Crippen molar-refractivity contribution in [1.82, 2.24) is 5.32 Å². The molecule has 5 nitrogen and oxygen atoms in total. The normalized spacial score (nSPS) is 20.4. The quantitative estimate of drug-likeness (QED) is 0.865. The average Bonchev–Trinajstić information content (AvgIpc) is 2.81. The van der Waals surface area contributed by atoms with E-state index in [4.69, 9.17) is 0 Å². The summed E-state index contributed by atoms with van der Waals surface area (Å²) in [5.41, 5.74) is -0.117. The number of hydrogen-bond donors (Lipinski definition) is 2. The van der Waals surface area contributed by atoms with Gasteiger partial charge in [0.25, 0.3) is 0 Å². The minimum atomic E-state index is -0.860. The second-order valence-corrected chi connectivity index (χ2v) is 6.36. The molecule has 0 aromatic heterocycles. The van der Waals surface area contributed by atoms with E-state index in [0.29, 0.717) is 11.2 Å². The zero-order valence-corrected chi connectivity index (χ0v) is 13.5. The number of nitrogens with one attached hydrogen (secondary N) is 2. The highest BCUT2D eigenvalue weighted by atomic mass is 32.2. The molecule has 1 saturated heterocycles. The van der Waals surface area contributed by atoms with Gasteiger partial charge in [-0.3, -0.25) is 14.6 Å². The minimum absolute atomic E-state index is 0.0821. The highest BCUT2D eigenvalue weighted by Crippen LogP contribution is 2.24. The van der Waals surface area contributed by atoms with E-state index in [1.54, 1.807) is 0 Å². The molecule has 0 saturated carbocycles. The molecular weight excluding hydrogens is 324 g/mol. The van der Waals surface area contributed by atoms with Gasteiger partial charge in [-0.2, -0.15) is 0 Å². The van der Waals surface area contributed by atoms with Crippen LogP contribution in [0.25, 0.3) is 0 Å². The van der Waals surface area contributed by atoms with Crippen molar-refractivity contribution in [3.8, 4) is 0 Å². The number of halogens is 2. The van der Waals surface area contributed by atoms with Gasteiger partial charge in [0, 0.05) is 18.5 Å². The van der Waals surface area contributed by atoms with Crippen LogP contribution in [-0.4, -0.2) is 28.3 Å². The monoisotopic (exact) mass is 341 g/mol. The van der Waals surface area contributed by atoms with Crippen LogP contribution in [0.5, 0.6) is 0 Å². The Bertz CT molecular complexity index is 652. The van der Waals surface area contributed by atoms with Gasteiger partial charge in [-0.15, -0.1) is 0 Å². The van der Waals surface area contributed by atoms with Crippen molar-refractivity contribution in [3.63, 3.8) is 0 Å². The first kappa shape index (κ1) is 17.4. The Morgan fingerprint density at radius 2 is 2.22 bits per heavy atom. The number of rotatable bonds is 5. The molecule has 1 aliphatic heterocycles. The first-order valence-corrected chi connectivity index (χ1v) is 8.07. The van der Waals surface area contributed by atoms with Crippen molar-refractivity contribution in [3.05, 3.63) is 29.8 Å². The number of amides is 2. The van der Waals surface area contributed by atoms with Gasteiger partial charge in [-0.05, 0) is 25.5 Å². The summed E-state index contributed by atoms with van der Waals surface area (Å²) in [6.07, 6.45) is 0.724. The van der Waals surface area contributed by atoms with Gasteiger partial charge in [0.15, 0.2) is 5.17 Å². The summed E-state index contributed by atoms with van der Waals surface area (Å²) in [6.45, 7) is 3.91. The SMILES string of the molecule is CC[C@@H](C)N=C1NC(=O)[C@@H](CC(=O)Nc2ccc(F)cc2F)S1. The number of aliphatic imine (C=N–C) groups is 1. The molecule has 0 spiro atoms. The van der Waals surface area contributed by atoms with Crippen molar-refractivity contribution in [1.29, 1.82) is 0 Å². The molecular formula is C15H17F2N3O2S. The number of carbonyl (C=O) groups excluding carboxylic acids is 2. The molecule has 1 aromatic carbocycles. The fourth-order valence-corrected chi connectivity index (χ4v) is 2.92. The van der Waals surface area contributed by atoms with E-state index in [9.17, 15) is 18.4 Å². The van der Waals surface area contributed by atoms with Crippen LogP contribution in [-0.2, 0) is 9.59 Å². The fraction of sp³-hybridized carbons (Fsp3) is 0.400. The lowest BCUT2D eigenvalue weighted by Crippen LogP contribution is -2.28. The summed E-state index contributed by atoms with van der Waals surface area (Å²) in [5, 5.41) is 4.85. The number of nitrogens with zero attached hydrogens (tertiary/aromatic N) is 1. The molecule has 23 heavy (non-hydrogen) atoms. The Morgan fingerprint density at radius 3 is 2.87 bits per heavy atom. The van der Waals surface area contributed by atoms with Crippen LogP contribution in [0.4, 0.5) is 14.5 Å². The molecule has 124 valence electrons. The molecule has 1 aromatic rings. The zero-order chi connectivity index (χ0) is 17.0. The first-order chi connectivity index (χ1) is 10.9. The second kappa shape index (κ2) is 7.54. The topological polar surface area (TPSA) is 70.6 Å². The third-order valence-electron chi connectivity index (χ3n) is 3.28. The maximum absolute atomic E-state index is 13.5. The number of carbonyl (C=O) groups is 2. The standard InChI is InChI=1S/C15H17F2N3O2S/c1-3-8(2)18-15-20-14(22)12(23-15)7-13(21)19-11-5-4-9(16)6-10(11)17/h4-6,8,12H,3,7H2,1-2H3,(H,19,21)(H,18,20,22)/t8-,12-/m1/s1. The molecule has 0 unspecified atom stereocenters.